The van der Waals surface area contributed by atoms with E-state index in [1.54, 1.807) is 31.4 Å². The maximum atomic E-state index is 12.5. The molecule has 0 aliphatic rings. The lowest BCUT2D eigenvalue weighted by Crippen LogP contribution is -2.33. The molecule has 26 heavy (non-hydrogen) atoms. The largest absolute Gasteiger partial charge is 0.497 e. The number of hydrogen-bond acceptors (Lipinski definition) is 4. The number of thiophene rings is 1. The number of ether oxygens (including phenoxy) is 1. The lowest BCUT2D eigenvalue weighted by atomic mass is 10.2. The molecule has 0 aliphatic carbocycles. The molecule has 3 aromatic rings. The second-order valence-corrected chi connectivity index (χ2v) is 8.24. The number of carbonyl (C=O) groups is 1. The summed E-state index contributed by atoms with van der Waals surface area (Å²) < 4.78 is 6.83. The topological polar surface area (TPSA) is 50.4 Å². The molecule has 4 nitrogen and oxygen atoms in total. The van der Waals surface area contributed by atoms with Gasteiger partial charge in [0.05, 0.1) is 17.2 Å². The third-order valence-electron chi connectivity index (χ3n) is 3.45. The van der Waals surface area contributed by atoms with Crippen LogP contribution in [0.3, 0.4) is 0 Å². The fourth-order valence-electron chi connectivity index (χ4n) is 2.21. The highest BCUT2D eigenvalue weighted by molar-refractivity contribution is 9.10. The van der Waals surface area contributed by atoms with Crippen molar-refractivity contribution in [2.45, 2.75) is 0 Å². The summed E-state index contributed by atoms with van der Waals surface area (Å²) in [6, 6.07) is 10.7. The Balaban J connectivity index is 1.76. The van der Waals surface area contributed by atoms with Crippen molar-refractivity contribution in [1.82, 2.24) is 5.32 Å². The predicted octanol–water partition coefficient (Wildman–Crippen LogP) is 6.11. The predicted molar refractivity (Wildman–Crippen MR) is 116 cm³/mol. The van der Waals surface area contributed by atoms with Crippen LogP contribution in [-0.2, 0) is 0 Å². The standard InChI is InChI=1S/C17H11BrCl2N2O2S2/c1-24-9-3-4-10-13(7-9)26-15(14(10)20)16(23)22-17(25)21-8-2-5-11(18)12(19)6-8/h2-7H,1H3,(H2,21,22,23,25). The quantitative estimate of drug-likeness (QED) is 0.436. The normalized spacial score (nSPS) is 10.6. The molecule has 2 N–H and O–H groups in total. The van der Waals surface area contributed by atoms with Crippen molar-refractivity contribution in [3.05, 3.63) is 55.8 Å². The maximum absolute atomic E-state index is 12.5. The van der Waals surface area contributed by atoms with Crippen LogP contribution in [0.5, 0.6) is 5.75 Å². The number of fused-ring (bicyclic) bond motifs is 1. The molecule has 1 heterocycles. The number of hydrogen-bond donors (Lipinski definition) is 2. The van der Waals surface area contributed by atoms with Crippen LogP contribution in [0.15, 0.2) is 40.9 Å². The van der Waals surface area contributed by atoms with Crippen LogP contribution in [0.2, 0.25) is 10.0 Å². The van der Waals surface area contributed by atoms with Crippen molar-refractivity contribution in [3.8, 4) is 5.75 Å². The van der Waals surface area contributed by atoms with Crippen molar-refractivity contribution in [1.29, 1.82) is 0 Å². The number of methoxy groups -OCH3 is 1. The summed E-state index contributed by atoms with van der Waals surface area (Å²) in [6.07, 6.45) is 0. The van der Waals surface area contributed by atoms with Gasteiger partial charge in [-0.2, -0.15) is 0 Å². The first-order chi connectivity index (χ1) is 12.4. The van der Waals surface area contributed by atoms with E-state index in [4.69, 9.17) is 40.2 Å². The van der Waals surface area contributed by atoms with E-state index in [1.807, 2.05) is 12.1 Å². The third kappa shape index (κ3) is 4.13. The summed E-state index contributed by atoms with van der Waals surface area (Å²) in [5.74, 6) is 0.322. The van der Waals surface area contributed by atoms with Crippen molar-refractivity contribution >= 4 is 89.5 Å². The molecule has 1 amide bonds. The number of amides is 1. The van der Waals surface area contributed by atoms with E-state index in [1.165, 1.54) is 11.3 Å². The van der Waals surface area contributed by atoms with Gasteiger partial charge in [-0.15, -0.1) is 11.3 Å². The second kappa shape index (κ2) is 8.10. The zero-order chi connectivity index (χ0) is 18.8. The molecular formula is C17H11BrCl2N2O2S2. The average molecular weight is 490 g/mol. The molecule has 0 saturated carbocycles. The molecule has 1 aromatic heterocycles. The van der Waals surface area contributed by atoms with Gasteiger partial charge in [0, 0.05) is 20.2 Å². The zero-order valence-electron chi connectivity index (χ0n) is 13.2. The molecule has 0 radical (unpaired) electrons. The van der Waals surface area contributed by atoms with E-state index < -0.39 is 0 Å². The number of thiocarbonyl (C=S) groups is 1. The van der Waals surface area contributed by atoms with Crippen LogP contribution in [0, 0.1) is 0 Å². The van der Waals surface area contributed by atoms with E-state index in [-0.39, 0.29) is 11.0 Å². The first-order valence-electron chi connectivity index (χ1n) is 7.22. The third-order valence-corrected chi connectivity index (χ3v) is 6.54. The van der Waals surface area contributed by atoms with E-state index >= 15 is 0 Å². The summed E-state index contributed by atoms with van der Waals surface area (Å²) in [4.78, 5) is 12.9. The first kappa shape index (κ1) is 19.4. The van der Waals surface area contributed by atoms with E-state index in [0.717, 1.165) is 14.6 Å². The lowest BCUT2D eigenvalue weighted by molar-refractivity contribution is 0.0982. The van der Waals surface area contributed by atoms with Crippen LogP contribution in [0.4, 0.5) is 5.69 Å². The molecular weight excluding hydrogens is 479 g/mol. The molecule has 3 rings (SSSR count). The van der Waals surface area contributed by atoms with Crippen LogP contribution in [0.25, 0.3) is 10.1 Å². The Bertz CT molecular complexity index is 1020. The van der Waals surface area contributed by atoms with Crippen LogP contribution in [0.1, 0.15) is 9.67 Å². The Hall–Kier alpha value is -1.38. The number of halogens is 3. The monoisotopic (exact) mass is 488 g/mol. The van der Waals surface area contributed by atoms with Gasteiger partial charge < -0.3 is 10.1 Å². The van der Waals surface area contributed by atoms with Crippen molar-refractivity contribution in [3.63, 3.8) is 0 Å². The van der Waals surface area contributed by atoms with Crippen molar-refractivity contribution in [2.75, 3.05) is 12.4 Å². The summed E-state index contributed by atoms with van der Waals surface area (Å²) >= 11 is 22.2. The van der Waals surface area contributed by atoms with Gasteiger partial charge in [-0.25, -0.2) is 0 Å². The van der Waals surface area contributed by atoms with Crippen LogP contribution in [-0.4, -0.2) is 18.1 Å². The van der Waals surface area contributed by atoms with Crippen LogP contribution >= 0.6 is 62.7 Å². The summed E-state index contributed by atoms with van der Waals surface area (Å²) in [5.41, 5.74) is 0.663. The highest BCUT2D eigenvalue weighted by Crippen LogP contribution is 2.37. The Kier molecular flexibility index (Phi) is 6.04. The smallest absolute Gasteiger partial charge is 0.269 e. The first-order valence-corrected chi connectivity index (χ1v) is 10.00. The van der Waals surface area contributed by atoms with E-state index in [2.05, 4.69) is 26.6 Å². The molecule has 0 saturated heterocycles. The maximum Gasteiger partial charge on any atom is 0.269 e. The van der Waals surface area contributed by atoms with Gasteiger partial charge in [0.15, 0.2) is 5.11 Å². The highest BCUT2D eigenvalue weighted by atomic mass is 79.9. The Morgan fingerprint density at radius 2 is 2.00 bits per heavy atom. The van der Waals surface area contributed by atoms with Gasteiger partial charge in [-0.05, 0) is 64.5 Å². The number of carbonyl (C=O) groups excluding carboxylic acids is 1. The van der Waals surface area contributed by atoms with Gasteiger partial charge in [-0.1, -0.05) is 23.2 Å². The Labute approximate surface area is 177 Å². The Morgan fingerprint density at radius 1 is 1.23 bits per heavy atom. The van der Waals surface area contributed by atoms with Gasteiger partial charge >= 0.3 is 0 Å². The molecule has 0 atom stereocenters. The minimum absolute atomic E-state index is 0.152. The number of rotatable bonds is 3. The lowest BCUT2D eigenvalue weighted by Gasteiger charge is -2.09. The van der Waals surface area contributed by atoms with Crippen LogP contribution < -0.4 is 15.4 Å². The molecule has 0 aliphatic heterocycles. The molecule has 0 spiro atoms. The van der Waals surface area contributed by atoms with Gasteiger partial charge in [0.1, 0.15) is 10.6 Å². The molecule has 9 heteroatoms. The minimum atomic E-state index is -0.379. The number of nitrogens with one attached hydrogen (secondary N) is 2. The number of benzene rings is 2. The van der Waals surface area contributed by atoms with Gasteiger partial charge in [-0.3, -0.25) is 10.1 Å². The van der Waals surface area contributed by atoms with E-state index in [9.17, 15) is 4.79 Å². The Morgan fingerprint density at radius 3 is 2.69 bits per heavy atom. The minimum Gasteiger partial charge on any atom is -0.497 e. The highest BCUT2D eigenvalue weighted by Gasteiger charge is 2.18. The molecule has 0 fully saturated rings. The van der Waals surface area contributed by atoms with Gasteiger partial charge in [0.2, 0.25) is 0 Å². The molecule has 0 bridgehead atoms. The summed E-state index contributed by atoms with van der Waals surface area (Å²) in [6.45, 7) is 0. The molecule has 134 valence electrons. The SMILES string of the molecule is COc1ccc2c(Cl)c(C(=O)NC(=S)Nc3ccc(Br)c(Cl)c3)sc2c1. The van der Waals surface area contributed by atoms with E-state index in [0.29, 0.717) is 26.4 Å². The second-order valence-electron chi connectivity index (χ2n) is 5.14. The average Bonchev–Trinajstić information content (AvgIpc) is 2.94. The fraction of sp³-hybridized carbons (Fsp3) is 0.0588. The summed E-state index contributed by atoms with van der Waals surface area (Å²) in [7, 11) is 1.59. The molecule has 0 unspecified atom stereocenters. The van der Waals surface area contributed by atoms with Gasteiger partial charge in [0.25, 0.3) is 5.91 Å². The zero-order valence-corrected chi connectivity index (χ0v) is 18.0. The molecule has 2 aromatic carbocycles. The fourth-order valence-corrected chi connectivity index (χ4v) is 4.29. The van der Waals surface area contributed by atoms with Crippen molar-refractivity contribution < 1.29 is 9.53 Å². The number of anilines is 1. The van der Waals surface area contributed by atoms with Crippen molar-refractivity contribution in [2.24, 2.45) is 0 Å². The summed E-state index contributed by atoms with van der Waals surface area (Å²) in [5, 5.41) is 7.41.